The number of esters is 1. The fourth-order valence-electron chi connectivity index (χ4n) is 2.19. The molecule has 10 nitrogen and oxygen atoms in total. The molecule has 152 valence electrons. The van der Waals surface area contributed by atoms with Crippen molar-refractivity contribution >= 4 is 38.9 Å². The molecule has 2 aromatic heterocycles. The number of aromatic nitrogens is 2. The summed E-state index contributed by atoms with van der Waals surface area (Å²) < 4.78 is 32.1. The molecular weight excluding hydrogens is 420 g/mol. The van der Waals surface area contributed by atoms with Gasteiger partial charge in [0, 0.05) is 5.69 Å². The van der Waals surface area contributed by atoms with Crippen molar-refractivity contribution in [2.45, 2.75) is 25.0 Å². The number of amides is 1. The van der Waals surface area contributed by atoms with Crippen molar-refractivity contribution in [2.24, 2.45) is 5.14 Å². The molecule has 0 bridgehead atoms. The van der Waals surface area contributed by atoms with Crippen molar-refractivity contribution < 1.29 is 27.2 Å². The standard InChI is InChI=1S/C17H16N4O6S2/c1-2-10-3-5-11(6-4-10)19-15(22)16-21-20-13(28-16)9-26-17(23)12-7-8-14(27-12)29(18,24)25/h3-8H,2,9H2,1H3,(H,19,22)(H2,18,24,25). The molecule has 1 aromatic carbocycles. The van der Waals surface area contributed by atoms with Gasteiger partial charge in [0.15, 0.2) is 5.01 Å². The summed E-state index contributed by atoms with van der Waals surface area (Å²) in [6, 6.07) is 9.59. The summed E-state index contributed by atoms with van der Waals surface area (Å²) in [5.41, 5.74) is 1.77. The number of hydrogen-bond acceptors (Lipinski definition) is 9. The van der Waals surface area contributed by atoms with Crippen molar-refractivity contribution in [3.63, 3.8) is 0 Å². The van der Waals surface area contributed by atoms with Crippen molar-refractivity contribution in [3.8, 4) is 0 Å². The highest BCUT2D eigenvalue weighted by Crippen LogP contribution is 2.17. The van der Waals surface area contributed by atoms with Crippen LogP contribution in [0.4, 0.5) is 5.69 Å². The maximum atomic E-state index is 12.2. The molecule has 0 spiro atoms. The number of carbonyl (C=O) groups is 2. The second-order valence-electron chi connectivity index (χ2n) is 5.75. The molecule has 0 atom stereocenters. The largest absolute Gasteiger partial charge is 0.452 e. The van der Waals surface area contributed by atoms with Crippen molar-refractivity contribution in [3.05, 3.63) is 57.7 Å². The lowest BCUT2D eigenvalue weighted by Crippen LogP contribution is -2.11. The number of hydrogen-bond donors (Lipinski definition) is 2. The highest BCUT2D eigenvalue weighted by Gasteiger charge is 2.20. The number of nitrogens with two attached hydrogens (primary N) is 1. The Labute approximate surface area is 169 Å². The van der Waals surface area contributed by atoms with Gasteiger partial charge in [0.2, 0.25) is 15.9 Å². The molecular formula is C17H16N4O6S2. The lowest BCUT2D eigenvalue weighted by atomic mass is 10.1. The van der Waals surface area contributed by atoms with Gasteiger partial charge in [0.25, 0.3) is 15.9 Å². The van der Waals surface area contributed by atoms with E-state index in [2.05, 4.69) is 15.5 Å². The molecule has 29 heavy (non-hydrogen) atoms. The predicted octanol–water partition coefficient (Wildman–Crippen LogP) is 1.95. The SMILES string of the molecule is CCc1ccc(NC(=O)c2nnc(COC(=O)c3ccc(S(N)(=O)=O)o3)s2)cc1. The van der Waals surface area contributed by atoms with Crippen LogP contribution >= 0.6 is 11.3 Å². The van der Waals surface area contributed by atoms with Gasteiger partial charge in [-0.2, -0.15) is 0 Å². The predicted molar refractivity (Wildman–Crippen MR) is 103 cm³/mol. The van der Waals surface area contributed by atoms with E-state index in [0.717, 1.165) is 35.5 Å². The van der Waals surface area contributed by atoms with Crippen LogP contribution in [0.5, 0.6) is 0 Å². The van der Waals surface area contributed by atoms with E-state index in [1.165, 1.54) is 0 Å². The third-order valence-electron chi connectivity index (χ3n) is 3.67. The molecule has 3 aromatic rings. The Balaban J connectivity index is 1.57. The lowest BCUT2D eigenvalue weighted by molar-refractivity contribution is 0.0429. The van der Waals surface area contributed by atoms with Crippen LogP contribution in [0.3, 0.4) is 0 Å². The number of carbonyl (C=O) groups excluding carboxylic acids is 2. The molecule has 3 N–H and O–H groups in total. The number of aryl methyl sites for hydroxylation is 1. The zero-order chi connectivity index (χ0) is 21.0. The first-order valence-electron chi connectivity index (χ1n) is 8.28. The summed E-state index contributed by atoms with van der Waals surface area (Å²) >= 11 is 0.957. The lowest BCUT2D eigenvalue weighted by Gasteiger charge is -2.03. The van der Waals surface area contributed by atoms with Crippen LogP contribution in [-0.2, 0) is 27.8 Å². The molecule has 0 saturated carbocycles. The minimum atomic E-state index is -4.06. The molecule has 12 heteroatoms. The van der Waals surface area contributed by atoms with Gasteiger partial charge in [-0.05, 0) is 36.2 Å². The van der Waals surface area contributed by atoms with Gasteiger partial charge in [0.1, 0.15) is 6.61 Å². The monoisotopic (exact) mass is 436 g/mol. The average molecular weight is 436 g/mol. The van der Waals surface area contributed by atoms with Gasteiger partial charge in [-0.25, -0.2) is 18.4 Å². The summed E-state index contributed by atoms with van der Waals surface area (Å²) in [4.78, 5) is 24.2. The summed E-state index contributed by atoms with van der Waals surface area (Å²) in [5.74, 6) is -1.67. The highest BCUT2D eigenvalue weighted by molar-refractivity contribution is 7.89. The Kier molecular flexibility index (Phi) is 6.06. The molecule has 2 heterocycles. The second-order valence-corrected chi connectivity index (χ2v) is 8.30. The van der Waals surface area contributed by atoms with E-state index in [9.17, 15) is 18.0 Å². The zero-order valence-electron chi connectivity index (χ0n) is 15.1. The molecule has 0 unspecified atom stereocenters. The van der Waals surface area contributed by atoms with Gasteiger partial charge in [-0.1, -0.05) is 30.4 Å². The molecule has 0 saturated heterocycles. The number of nitrogens with zero attached hydrogens (tertiary/aromatic N) is 2. The fraction of sp³-hybridized carbons (Fsp3) is 0.176. The molecule has 0 aliphatic rings. The summed E-state index contributed by atoms with van der Waals surface area (Å²) in [6.45, 7) is 1.77. The van der Waals surface area contributed by atoms with E-state index >= 15 is 0 Å². The first-order valence-corrected chi connectivity index (χ1v) is 10.6. The summed E-state index contributed by atoms with van der Waals surface area (Å²) in [5, 5.41) is 15.0. The van der Waals surface area contributed by atoms with Gasteiger partial charge >= 0.3 is 5.97 Å². The first kappa shape index (κ1) is 20.6. The molecule has 0 aliphatic carbocycles. The minimum Gasteiger partial charge on any atom is -0.452 e. The van der Waals surface area contributed by atoms with Crippen LogP contribution in [0, 0.1) is 0 Å². The summed E-state index contributed by atoms with van der Waals surface area (Å²) in [7, 11) is -4.06. The molecule has 0 fully saturated rings. The zero-order valence-corrected chi connectivity index (χ0v) is 16.7. The first-order chi connectivity index (χ1) is 13.8. The number of nitrogens with one attached hydrogen (secondary N) is 1. The van der Waals surface area contributed by atoms with Crippen LogP contribution in [0.25, 0.3) is 0 Å². The number of benzene rings is 1. The third kappa shape index (κ3) is 5.25. The maximum Gasteiger partial charge on any atom is 0.374 e. The number of primary sulfonamides is 1. The average Bonchev–Trinajstić information content (AvgIpc) is 3.36. The van der Waals surface area contributed by atoms with Gasteiger partial charge in [-0.3, -0.25) is 4.79 Å². The van der Waals surface area contributed by atoms with Crippen LogP contribution in [0.15, 0.2) is 45.9 Å². The number of anilines is 1. The van der Waals surface area contributed by atoms with Crippen LogP contribution in [0.1, 0.15) is 37.9 Å². The Hall–Kier alpha value is -3.09. The van der Waals surface area contributed by atoms with Crippen molar-refractivity contribution in [2.75, 3.05) is 5.32 Å². The minimum absolute atomic E-state index is 0.102. The van der Waals surface area contributed by atoms with E-state index in [1.54, 1.807) is 12.1 Å². The van der Waals surface area contributed by atoms with E-state index in [4.69, 9.17) is 14.3 Å². The summed E-state index contributed by atoms with van der Waals surface area (Å²) in [6.07, 6.45) is 0.897. The number of sulfonamides is 1. The van der Waals surface area contributed by atoms with Crippen LogP contribution < -0.4 is 10.5 Å². The van der Waals surface area contributed by atoms with E-state index in [-0.39, 0.29) is 22.4 Å². The van der Waals surface area contributed by atoms with E-state index in [1.807, 2.05) is 19.1 Å². The number of furan rings is 1. The Morgan fingerprint density at radius 1 is 1.17 bits per heavy atom. The number of rotatable bonds is 7. The normalized spacial score (nSPS) is 11.2. The van der Waals surface area contributed by atoms with Gasteiger partial charge < -0.3 is 14.5 Å². The topological polar surface area (TPSA) is 154 Å². The second kappa shape index (κ2) is 8.51. The maximum absolute atomic E-state index is 12.2. The molecule has 3 rings (SSSR count). The van der Waals surface area contributed by atoms with E-state index in [0.29, 0.717) is 5.69 Å². The van der Waals surface area contributed by atoms with E-state index < -0.39 is 27.0 Å². The fourth-order valence-corrected chi connectivity index (χ4v) is 3.30. The smallest absolute Gasteiger partial charge is 0.374 e. The van der Waals surface area contributed by atoms with Gasteiger partial charge in [0.05, 0.1) is 0 Å². The van der Waals surface area contributed by atoms with Crippen LogP contribution in [0.2, 0.25) is 0 Å². The van der Waals surface area contributed by atoms with Crippen LogP contribution in [-0.4, -0.2) is 30.5 Å². The molecule has 0 radical (unpaired) electrons. The molecule has 0 aliphatic heterocycles. The van der Waals surface area contributed by atoms with Gasteiger partial charge in [-0.15, -0.1) is 10.2 Å². The highest BCUT2D eigenvalue weighted by atomic mass is 32.2. The Morgan fingerprint density at radius 3 is 2.52 bits per heavy atom. The van der Waals surface area contributed by atoms with Crippen molar-refractivity contribution in [1.29, 1.82) is 0 Å². The van der Waals surface area contributed by atoms with Crippen molar-refractivity contribution in [1.82, 2.24) is 10.2 Å². The molecule has 1 amide bonds. The Bertz CT molecular complexity index is 1130. The quantitative estimate of drug-likeness (QED) is 0.533. The third-order valence-corrected chi connectivity index (χ3v) is 5.35. The number of ether oxygens (including phenoxy) is 1. The Morgan fingerprint density at radius 2 is 1.90 bits per heavy atom.